The van der Waals surface area contributed by atoms with Gasteiger partial charge in [0.05, 0.1) is 28.6 Å². The van der Waals surface area contributed by atoms with E-state index in [1.165, 1.54) is 19.1 Å². The fourth-order valence-corrected chi connectivity index (χ4v) is 3.83. The SMILES string of the molecule is COCOc1ccc(Cl)c(Cl)c1C1CC(C(COC)C(N)=O)CN1C(=O)O. The fraction of sp³-hybridized carbons (Fsp3) is 0.529. The lowest BCUT2D eigenvalue weighted by atomic mass is 9.88. The molecule has 0 aliphatic carbocycles. The zero-order valence-electron chi connectivity index (χ0n) is 15.0. The van der Waals surface area contributed by atoms with Gasteiger partial charge >= 0.3 is 6.09 Å². The third-order valence-electron chi connectivity index (χ3n) is 4.62. The van der Waals surface area contributed by atoms with Crippen LogP contribution in [0.25, 0.3) is 0 Å². The summed E-state index contributed by atoms with van der Waals surface area (Å²) in [5.41, 5.74) is 5.92. The number of carboxylic acid groups (broad SMARTS) is 1. The number of hydrogen-bond donors (Lipinski definition) is 2. The van der Waals surface area contributed by atoms with Gasteiger partial charge < -0.3 is 30.0 Å². The molecule has 3 atom stereocenters. The number of carbonyl (C=O) groups is 2. The van der Waals surface area contributed by atoms with Gasteiger partial charge in [-0.15, -0.1) is 0 Å². The van der Waals surface area contributed by atoms with E-state index in [4.69, 9.17) is 43.1 Å². The molecule has 2 amide bonds. The molecule has 1 aromatic rings. The number of carbonyl (C=O) groups excluding carboxylic acids is 1. The van der Waals surface area contributed by atoms with Crippen molar-refractivity contribution in [1.82, 2.24) is 4.90 Å². The Morgan fingerprint density at radius 2 is 2.04 bits per heavy atom. The quantitative estimate of drug-likeness (QED) is 0.625. The standard InChI is InChI=1S/C17H22Cl2N2O6/c1-25-7-10(16(20)22)9-5-12(21(6-9)17(23)24)14-13(27-8-26-2)4-3-11(18)15(14)19/h3-4,9-10,12H,5-8H2,1-2H3,(H2,20,22)(H,23,24). The van der Waals surface area contributed by atoms with E-state index in [-0.39, 0.29) is 35.9 Å². The van der Waals surface area contributed by atoms with E-state index >= 15 is 0 Å². The van der Waals surface area contributed by atoms with Crippen molar-refractivity contribution in [2.24, 2.45) is 17.6 Å². The maximum Gasteiger partial charge on any atom is 0.407 e. The summed E-state index contributed by atoms with van der Waals surface area (Å²) >= 11 is 12.5. The minimum absolute atomic E-state index is 0.0399. The summed E-state index contributed by atoms with van der Waals surface area (Å²) in [5.74, 6) is -1.12. The molecular formula is C17H22Cl2N2O6. The zero-order valence-corrected chi connectivity index (χ0v) is 16.5. The second-order valence-electron chi connectivity index (χ2n) is 6.23. The van der Waals surface area contributed by atoms with Gasteiger partial charge in [-0.05, 0) is 24.5 Å². The number of halogens is 2. The monoisotopic (exact) mass is 420 g/mol. The van der Waals surface area contributed by atoms with Crippen LogP contribution in [0.1, 0.15) is 18.0 Å². The highest BCUT2D eigenvalue weighted by atomic mass is 35.5. The molecule has 1 aliphatic heterocycles. The van der Waals surface area contributed by atoms with Crippen molar-refractivity contribution in [1.29, 1.82) is 0 Å². The number of primary amides is 1. The van der Waals surface area contributed by atoms with Gasteiger partial charge in [-0.25, -0.2) is 4.79 Å². The van der Waals surface area contributed by atoms with Gasteiger partial charge in [0, 0.05) is 26.3 Å². The van der Waals surface area contributed by atoms with E-state index in [1.54, 1.807) is 12.1 Å². The lowest BCUT2D eigenvalue weighted by Crippen LogP contribution is -2.36. The first-order chi connectivity index (χ1) is 12.8. The molecule has 0 bridgehead atoms. The predicted molar refractivity (Wildman–Crippen MR) is 99.1 cm³/mol. The van der Waals surface area contributed by atoms with Crippen LogP contribution in [0.5, 0.6) is 5.75 Å². The summed E-state index contributed by atoms with van der Waals surface area (Å²) < 4.78 is 15.6. The van der Waals surface area contributed by atoms with Crippen LogP contribution in [0, 0.1) is 11.8 Å². The molecule has 8 nitrogen and oxygen atoms in total. The molecule has 1 aromatic carbocycles. The highest BCUT2D eigenvalue weighted by Gasteiger charge is 2.43. The van der Waals surface area contributed by atoms with Gasteiger partial charge in [-0.2, -0.15) is 0 Å². The van der Waals surface area contributed by atoms with Gasteiger partial charge in [0.2, 0.25) is 5.91 Å². The molecule has 0 spiro atoms. The van der Waals surface area contributed by atoms with Crippen LogP contribution in [-0.4, -0.2) is 56.2 Å². The first kappa shape index (κ1) is 21.6. The number of benzene rings is 1. The predicted octanol–water partition coefficient (Wildman–Crippen LogP) is 2.76. The molecule has 0 saturated carbocycles. The van der Waals surface area contributed by atoms with Crippen LogP contribution in [0.2, 0.25) is 10.0 Å². The summed E-state index contributed by atoms with van der Waals surface area (Å²) in [7, 11) is 2.93. The number of nitrogens with two attached hydrogens (primary N) is 1. The molecule has 1 aliphatic rings. The molecule has 10 heteroatoms. The summed E-state index contributed by atoms with van der Waals surface area (Å²) in [6.07, 6.45) is -0.816. The third-order valence-corrected chi connectivity index (χ3v) is 5.44. The molecule has 2 rings (SSSR count). The van der Waals surface area contributed by atoms with Gasteiger partial charge in [-0.3, -0.25) is 4.79 Å². The van der Waals surface area contributed by atoms with Gasteiger partial charge in [0.1, 0.15) is 5.75 Å². The molecule has 3 unspecified atom stereocenters. The number of ether oxygens (including phenoxy) is 3. The Morgan fingerprint density at radius 1 is 1.33 bits per heavy atom. The molecule has 1 fully saturated rings. The first-order valence-electron chi connectivity index (χ1n) is 8.19. The number of nitrogens with zero attached hydrogens (tertiary/aromatic N) is 1. The smallest absolute Gasteiger partial charge is 0.407 e. The van der Waals surface area contributed by atoms with Crippen molar-refractivity contribution in [3.8, 4) is 5.75 Å². The van der Waals surface area contributed by atoms with Gasteiger partial charge in [-0.1, -0.05) is 23.2 Å². The van der Waals surface area contributed by atoms with Crippen molar-refractivity contribution in [3.63, 3.8) is 0 Å². The molecule has 1 heterocycles. The summed E-state index contributed by atoms with van der Waals surface area (Å²) in [4.78, 5) is 24.9. The fourth-order valence-electron chi connectivity index (χ4n) is 3.38. The Labute approximate surface area is 167 Å². The zero-order chi connectivity index (χ0) is 20.1. The van der Waals surface area contributed by atoms with Crippen LogP contribution >= 0.6 is 23.2 Å². The van der Waals surface area contributed by atoms with E-state index in [0.29, 0.717) is 17.7 Å². The van der Waals surface area contributed by atoms with Crippen LogP contribution < -0.4 is 10.5 Å². The summed E-state index contributed by atoms with van der Waals surface area (Å²) in [6.45, 7) is 0.182. The van der Waals surface area contributed by atoms with E-state index in [1.807, 2.05) is 0 Å². The second kappa shape index (κ2) is 9.45. The minimum Gasteiger partial charge on any atom is -0.467 e. The Balaban J connectivity index is 2.44. The lowest BCUT2D eigenvalue weighted by molar-refractivity contribution is -0.125. The Hall–Kier alpha value is -1.74. The van der Waals surface area contributed by atoms with Crippen LogP contribution in [0.4, 0.5) is 4.79 Å². The highest BCUT2D eigenvalue weighted by Crippen LogP contribution is 2.46. The van der Waals surface area contributed by atoms with Gasteiger partial charge in [0.15, 0.2) is 6.79 Å². The largest absolute Gasteiger partial charge is 0.467 e. The lowest BCUT2D eigenvalue weighted by Gasteiger charge is -2.25. The average molecular weight is 421 g/mol. The van der Waals surface area contributed by atoms with Crippen LogP contribution in [-0.2, 0) is 14.3 Å². The number of likely N-dealkylation sites (tertiary alicyclic amines) is 1. The maximum absolute atomic E-state index is 11.8. The number of methoxy groups -OCH3 is 2. The second-order valence-corrected chi connectivity index (χ2v) is 7.02. The number of hydrogen-bond acceptors (Lipinski definition) is 5. The Morgan fingerprint density at radius 3 is 2.59 bits per heavy atom. The first-order valence-corrected chi connectivity index (χ1v) is 8.94. The van der Waals surface area contributed by atoms with E-state index in [0.717, 1.165) is 0 Å². The van der Waals surface area contributed by atoms with Crippen molar-refractivity contribution in [2.75, 3.05) is 34.2 Å². The Kier molecular flexibility index (Phi) is 7.55. The van der Waals surface area contributed by atoms with Crippen molar-refractivity contribution >= 4 is 35.2 Å². The molecule has 0 radical (unpaired) electrons. The number of amides is 2. The van der Waals surface area contributed by atoms with Crippen molar-refractivity contribution < 1.29 is 28.9 Å². The van der Waals surface area contributed by atoms with E-state index in [9.17, 15) is 14.7 Å². The minimum atomic E-state index is -1.14. The molecule has 150 valence electrons. The molecule has 1 saturated heterocycles. The molecule has 0 aromatic heterocycles. The Bertz CT molecular complexity index is 702. The van der Waals surface area contributed by atoms with Gasteiger partial charge in [0.25, 0.3) is 0 Å². The third kappa shape index (κ3) is 4.76. The number of rotatable bonds is 8. The molecule has 3 N–H and O–H groups in total. The molecule has 27 heavy (non-hydrogen) atoms. The normalized spacial score (nSPS) is 20.5. The van der Waals surface area contributed by atoms with Crippen LogP contribution in [0.15, 0.2) is 12.1 Å². The molecular weight excluding hydrogens is 399 g/mol. The highest BCUT2D eigenvalue weighted by molar-refractivity contribution is 6.42. The van der Waals surface area contributed by atoms with Crippen molar-refractivity contribution in [2.45, 2.75) is 12.5 Å². The topological polar surface area (TPSA) is 111 Å². The van der Waals surface area contributed by atoms with Crippen LogP contribution in [0.3, 0.4) is 0 Å². The maximum atomic E-state index is 11.8. The van der Waals surface area contributed by atoms with E-state index < -0.39 is 24.0 Å². The van der Waals surface area contributed by atoms with E-state index in [2.05, 4.69) is 0 Å². The summed E-state index contributed by atoms with van der Waals surface area (Å²) in [5, 5.41) is 10.1. The van der Waals surface area contributed by atoms with Crippen molar-refractivity contribution in [3.05, 3.63) is 27.7 Å². The summed E-state index contributed by atoms with van der Waals surface area (Å²) in [6, 6.07) is 2.52. The average Bonchev–Trinajstić information content (AvgIpc) is 3.05.